The van der Waals surface area contributed by atoms with Crippen LogP contribution in [0.1, 0.15) is 24.4 Å². The number of hydrogen-bond donors (Lipinski definition) is 2. The summed E-state index contributed by atoms with van der Waals surface area (Å²) in [5, 5.41) is 11.1. The van der Waals surface area contributed by atoms with Crippen LogP contribution < -0.4 is 5.32 Å². The summed E-state index contributed by atoms with van der Waals surface area (Å²) in [6.07, 6.45) is 4.81. The van der Waals surface area contributed by atoms with Crippen LogP contribution in [0.5, 0.6) is 0 Å². The number of rotatable bonds is 5. The minimum absolute atomic E-state index is 0.681. The molecule has 0 fully saturated rings. The second-order valence-electron chi connectivity index (χ2n) is 4.17. The lowest BCUT2D eigenvalue weighted by molar-refractivity contribution is 0.653. The molecule has 0 bridgehead atoms. The Kier molecular flexibility index (Phi) is 3.56. The molecule has 2 N–H and O–H groups in total. The monoisotopic (exact) mass is 236 g/mol. The maximum atomic E-state index is 4.34. The molecule has 0 aromatic carbocycles. The van der Waals surface area contributed by atoms with Crippen molar-refractivity contribution in [2.75, 3.05) is 5.32 Å². The molecule has 2 aromatic rings. The number of nitrogens with one attached hydrogen (secondary N) is 2. The quantitative estimate of drug-likeness (QED) is 0.839. The molecular weight excluding hydrogens is 220 g/mol. The number of aromatic nitrogens is 3. The van der Waals surface area contributed by atoms with Crippen molar-refractivity contribution in [1.29, 1.82) is 0 Å². The Morgan fingerprint density at radius 2 is 2.38 bits per heavy atom. The van der Waals surface area contributed by atoms with E-state index < -0.39 is 0 Å². The summed E-state index contributed by atoms with van der Waals surface area (Å²) < 4.78 is 0. The zero-order valence-corrected chi connectivity index (χ0v) is 10.3. The van der Waals surface area contributed by atoms with Crippen LogP contribution in [0.15, 0.2) is 18.5 Å². The molecule has 0 aliphatic carbocycles. The van der Waals surface area contributed by atoms with Crippen LogP contribution in [-0.4, -0.2) is 15.2 Å². The van der Waals surface area contributed by atoms with Crippen LogP contribution in [-0.2, 0) is 13.0 Å². The van der Waals surface area contributed by atoms with E-state index in [0.29, 0.717) is 5.92 Å². The van der Waals surface area contributed by atoms with Gasteiger partial charge in [0.1, 0.15) is 0 Å². The summed E-state index contributed by atoms with van der Waals surface area (Å²) in [4.78, 5) is 5.68. The molecule has 2 rings (SSSR count). The lowest BCUT2D eigenvalue weighted by atomic mass is 10.1. The number of anilines is 1. The van der Waals surface area contributed by atoms with Crippen molar-refractivity contribution in [3.05, 3.63) is 29.0 Å². The molecule has 5 heteroatoms. The Hall–Kier alpha value is -1.36. The van der Waals surface area contributed by atoms with Crippen molar-refractivity contribution in [2.45, 2.75) is 26.8 Å². The predicted molar refractivity (Wildman–Crippen MR) is 66.6 cm³/mol. The average Bonchev–Trinajstić information content (AvgIpc) is 2.84. The standard InChI is InChI=1S/C11H16N4S/c1-8(2)5-10-7-13-11(16-10)12-6-9-3-4-14-15-9/h3-4,7-8H,5-6H2,1-2H3,(H,12,13)(H,14,15). The molecule has 0 unspecified atom stereocenters. The van der Waals surface area contributed by atoms with E-state index in [1.807, 2.05) is 12.3 Å². The smallest absolute Gasteiger partial charge is 0.183 e. The maximum Gasteiger partial charge on any atom is 0.183 e. The van der Waals surface area contributed by atoms with Gasteiger partial charge in [-0.25, -0.2) is 4.98 Å². The summed E-state index contributed by atoms with van der Waals surface area (Å²) in [5.74, 6) is 0.681. The summed E-state index contributed by atoms with van der Waals surface area (Å²) in [7, 11) is 0. The normalized spacial score (nSPS) is 10.9. The van der Waals surface area contributed by atoms with Crippen LogP contribution in [0, 0.1) is 5.92 Å². The Morgan fingerprint density at radius 3 is 3.06 bits per heavy atom. The first-order valence-corrected chi connectivity index (χ1v) is 6.22. The third-order valence-corrected chi connectivity index (χ3v) is 3.13. The van der Waals surface area contributed by atoms with E-state index in [0.717, 1.165) is 23.8 Å². The largest absolute Gasteiger partial charge is 0.356 e. The number of H-pyrrole nitrogens is 1. The van der Waals surface area contributed by atoms with Crippen LogP contribution >= 0.6 is 11.3 Å². The average molecular weight is 236 g/mol. The van der Waals surface area contributed by atoms with Gasteiger partial charge in [0.2, 0.25) is 0 Å². The SMILES string of the molecule is CC(C)Cc1cnc(NCc2ccn[nH]2)s1. The number of thiazole rings is 1. The molecule has 16 heavy (non-hydrogen) atoms. The van der Waals surface area contributed by atoms with Crippen LogP contribution in [0.25, 0.3) is 0 Å². The van der Waals surface area contributed by atoms with Gasteiger partial charge in [0.05, 0.1) is 12.2 Å². The topological polar surface area (TPSA) is 53.6 Å². The van der Waals surface area contributed by atoms with Crippen molar-refractivity contribution in [1.82, 2.24) is 15.2 Å². The first kappa shape index (κ1) is 11.1. The van der Waals surface area contributed by atoms with Gasteiger partial charge in [0.25, 0.3) is 0 Å². The van der Waals surface area contributed by atoms with E-state index in [1.165, 1.54) is 4.88 Å². The van der Waals surface area contributed by atoms with Gasteiger partial charge in [-0.2, -0.15) is 5.10 Å². The van der Waals surface area contributed by atoms with Crippen molar-refractivity contribution < 1.29 is 0 Å². The van der Waals surface area contributed by atoms with Crippen LogP contribution in [0.3, 0.4) is 0 Å². The molecule has 0 aliphatic rings. The molecular formula is C11H16N4S. The fourth-order valence-electron chi connectivity index (χ4n) is 1.44. The third-order valence-electron chi connectivity index (χ3n) is 2.15. The summed E-state index contributed by atoms with van der Waals surface area (Å²) in [6.45, 7) is 5.18. The van der Waals surface area contributed by atoms with E-state index in [4.69, 9.17) is 0 Å². The zero-order chi connectivity index (χ0) is 11.4. The van der Waals surface area contributed by atoms with Crippen molar-refractivity contribution >= 4 is 16.5 Å². The van der Waals surface area contributed by atoms with Gasteiger partial charge in [0, 0.05) is 17.3 Å². The number of aromatic amines is 1. The molecule has 0 atom stereocenters. The molecule has 0 saturated heterocycles. The molecule has 0 aliphatic heterocycles. The van der Waals surface area contributed by atoms with E-state index in [-0.39, 0.29) is 0 Å². The van der Waals surface area contributed by atoms with Crippen LogP contribution in [0.4, 0.5) is 5.13 Å². The van der Waals surface area contributed by atoms with E-state index in [1.54, 1.807) is 17.5 Å². The Labute approximate surface area is 99.1 Å². The van der Waals surface area contributed by atoms with Gasteiger partial charge in [-0.05, 0) is 18.4 Å². The second kappa shape index (κ2) is 5.12. The van der Waals surface area contributed by atoms with Crippen LogP contribution in [0.2, 0.25) is 0 Å². The van der Waals surface area contributed by atoms with Gasteiger partial charge >= 0.3 is 0 Å². The Bertz CT molecular complexity index is 419. The second-order valence-corrected chi connectivity index (χ2v) is 5.28. The zero-order valence-electron chi connectivity index (χ0n) is 9.53. The molecule has 2 aromatic heterocycles. The fourth-order valence-corrected chi connectivity index (χ4v) is 2.46. The van der Waals surface area contributed by atoms with E-state index in [9.17, 15) is 0 Å². The predicted octanol–water partition coefficient (Wildman–Crippen LogP) is 2.68. The minimum Gasteiger partial charge on any atom is -0.356 e. The summed E-state index contributed by atoms with van der Waals surface area (Å²) in [6, 6.07) is 1.95. The van der Waals surface area contributed by atoms with Crippen molar-refractivity contribution in [2.24, 2.45) is 5.92 Å². The molecule has 0 spiro atoms. The Balaban J connectivity index is 1.88. The van der Waals surface area contributed by atoms with Crippen molar-refractivity contribution in [3.8, 4) is 0 Å². The molecule has 2 heterocycles. The van der Waals surface area contributed by atoms with Gasteiger partial charge in [-0.1, -0.05) is 13.8 Å². The van der Waals surface area contributed by atoms with Gasteiger partial charge < -0.3 is 5.32 Å². The van der Waals surface area contributed by atoms with E-state index >= 15 is 0 Å². The minimum atomic E-state index is 0.681. The lowest BCUT2D eigenvalue weighted by Crippen LogP contribution is -1.98. The number of hydrogen-bond acceptors (Lipinski definition) is 4. The maximum absolute atomic E-state index is 4.34. The number of nitrogens with zero attached hydrogens (tertiary/aromatic N) is 2. The summed E-state index contributed by atoms with van der Waals surface area (Å²) >= 11 is 1.73. The Morgan fingerprint density at radius 1 is 1.50 bits per heavy atom. The highest BCUT2D eigenvalue weighted by Gasteiger charge is 2.04. The molecule has 0 radical (unpaired) electrons. The first-order valence-electron chi connectivity index (χ1n) is 5.41. The van der Waals surface area contributed by atoms with Crippen molar-refractivity contribution in [3.63, 3.8) is 0 Å². The molecule has 0 saturated carbocycles. The van der Waals surface area contributed by atoms with Gasteiger partial charge in [-0.15, -0.1) is 11.3 Å². The lowest BCUT2D eigenvalue weighted by Gasteiger charge is -2.00. The van der Waals surface area contributed by atoms with E-state index in [2.05, 4.69) is 34.3 Å². The third kappa shape index (κ3) is 3.06. The molecule has 0 amide bonds. The van der Waals surface area contributed by atoms with Gasteiger partial charge in [-0.3, -0.25) is 5.10 Å². The highest BCUT2D eigenvalue weighted by atomic mass is 32.1. The first-order chi connectivity index (χ1) is 7.74. The highest BCUT2D eigenvalue weighted by Crippen LogP contribution is 2.21. The van der Waals surface area contributed by atoms with Gasteiger partial charge in [0.15, 0.2) is 5.13 Å². The highest BCUT2D eigenvalue weighted by molar-refractivity contribution is 7.15. The molecule has 4 nitrogen and oxygen atoms in total. The fraction of sp³-hybridized carbons (Fsp3) is 0.455. The molecule has 86 valence electrons. The summed E-state index contributed by atoms with van der Waals surface area (Å²) in [5.41, 5.74) is 1.07.